The van der Waals surface area contributed by atoms with Crippen LogP contribution < -0.4 is 10.6 Å². The monoisotopic (exact) mass is 326 g/mol. The fourth-order valence-electron chi connectivity index (χ4n) is 1.81. The zero-order valence-electron chi connectivity index (χ0n) is 13.9. The van der Waals surface area contributed by atoms with Gasteiger partial charge in [0.1, 0.15) is 0 Å². The summed E-state index contributed by atoms with van der Waals surface area (Å²) in [6.45, 7) is 4.54. The van der Waals surface area contributed by atoms with Crippen molar-refractivity contribution in [2.75, 3.05) is 21.1 Å². The first-order valence-electron chi connectivity index (χ1n) is 7.30. The highest BCUT2D eigenvalue weighted by Crippen LogP contribution is 2.18. The summed E-state index contributed by atoms with van der Waals surface area (Å²) in [5.41, 5.74) is 0.711. The van der Waals surface area contributed by atoms with Crippen LogP contribution in [-0.4, -0.2) is 45.9 Å². The van der Waals surface area contributed by atoms with Gasteiger partial charge in [-0.2, -0.15) is 0 Å². The minimum absolute atomic E-state index is 0.298. The third-order valence-corrected chi connectivity index (χ3v) is 5.31. The summed E-state index contributed by atoms with van der Waals surface area (Å²) in [4.78, 5) is 4.46. The molecule has 0 radical (unpaired) electrons. The molecule has 22 heavy (non-hydrogen) atoms. The molecular weight excluding hydrogens is 300 g/mol. The normalized spacial score (nSPS) is 14.0. The van der Waals surface area contributed by atoms with Crippen molar-refractivity contribution in [3.05, 3.63) is 29.8 Å². The number of benzene rings is 1. The fraction of sp³-hybridized carbons (Fsp3) is 0.533. The summed E-state index contributed by atoms with van der Waals surface area (Å²) < 4.78 is 25.9. The molecule has 2 N–H and O–H groups in total. The third-order valence-electron chi connectivity index (χ3n) is 3.40. The lowest BCUT2D eigenvalue weighted by molar-refractivity contribution is 0.519. The second-order valence-corrected chi connectivity index (χ2v) is 7.39. The molecule has 0 aromatic heterocycles. The first-order valence-corrected chi connectivity index (χ1v) is 8.74. The van der Waals surface area contributed by atoms with Crippen LogP contribution in [0.1, 0.15) is 25.8 Å². The van der Waals surface area contributed by atoms with Crippen LogP contribution in [0.3, 0.4) is 0 Å². The molecule has 124 valence electrons. The highest BCUT2D eigenvalue weighted by atomic mass is 32.2. The van der Waals surface area contributed by atoms with E-state index in [1.54, 1.807) is 25.2 Å². The molecule has 0 spiro atoms. The summed E-state index contributed by atoms with van der Waals surface area (Å²) in [7, 11) is 1.30. The van der Waals surface area contributed by atoms with E-state index in [1.165, 1.54) is 18.4 Å². The molecule has 0 heterocycles. The van der Waals surface area contributed by atoms with Crippen molar-refractivity contribution in [2.24, 2.45) is 4.99 Å². The predicted octanol–water partition coefficient (Wildman–Crippen LogP) is 1.40. The topological polar surface area (TPSA) is 73.8 Å². The highest BCUT2D eigenvalue weighted by Gasteiger charge is 2.20. The lowest BCUT2D eigenvalue weighted by Gasteiger charge is -2.18. The number of rotatable bonds is 6. The molecule has 0 saturated carbocycles. The second kappa shape index (κ2) is 8.14. The van der Waals surface area contributed by atoms with Gasteiger partial charge in [-0.05, 0) is 25.0 Å². The summed E-state index contributed by atoms with van der Waals surface area (Å²) in [5, 5.41) is 6.40. The Hall–Kier alpha value is -1.60. The van der Waals surface area contributed by atoms with Gasteiger partial charge in [0.15, 0.2) is 5.96 Å². The first-order chi connectivity index (χ1) is 10.3. The number of aliphatic imine (C=N–C) groups is 1. The second-order valence-electron chi connectivity index (χ2n) is 5.27. The molecule has 6 nitrogen and oxygen atoms in total. The molecule has 1 aromatic carbocycles. The van der Waals surface area contributed by atoms with E-state index in [0.717, 1.165) is 6.42 Å². The maximum Gasteiger partial charge on any atom is 0.242 e. The van der Waals surface area contributed by atoms with Gasteiger partial charge >= 0.3 is 0 Å². The van der Waals surface area contributed by atoms with Gasteiger partial charge in [0.25, 0.3) is 0 Å². The van der Waals surface area contributed by atoms with Crippen molar-refractivity contribution in [2.45, 2.75) is 37.8 Å². The van der Waals surface area contributed by atoms with Gasteiger partial charge in [-0.25, -0.2) is 12.7 Å². The van der Waals surface area contributed by atoms with Crippen LogP contribution in [0.4, 0.5) is 0 Å². The minimum Gasteiger partial charge on any atom is -0.354 e. The van der Waals surface area contributed by atoms with E-state index < -0.39 is 10.0 Å². The number of hydrogen-bond acceptors (Lipinski definition) is 3. The maximum atomic E-state index is 12.3. The van der Waals surface area contributed by atoms with Gasteiger partial charge in [0.2, 0.25) is 10.0 Å². The largest absolute Gasteiger partial charge is 0.354 e. The Labute approximate surface area is 133 Å². The smallest absolute Gasteiger partial charge is 0.242 e. The van der Waals surface area contributed by atoms with Gasteiger partial charge in [-0.3, -0.25) is 4.99 Å². The molecule has 1 aromatic rings. The van der Waals surface area contributed by atoms with Crippen molar-refractivity contribution >= 4 is 16.0 Å². The molecule has 1 rings (SSSR count). The molecule has 7 heteroatoms. The first kappa shape index (κ1) is 18.4. The van der Waals surface area contributed by atoms with Crippen LogP contribution >= 0.6 is 0 Å². The molecule has 1 atom stereocenters. The van der Waals surface area contributed by atoms with Gasteiger partial charge in [0, 0.05) is 33.7 Å². The molecule has 0 aliphatic carbocycles. The highest BCUT2D eigenvalue weighted by molar-refractivity contribution is 7.89. The van der Waals surface area contributed by atoms with Crippen LogP contribution in [0.15, 0.2) is 34.2 Å². The van der Waals surface area contributed by atoms with E-state index in [1.807, 2.05) is 6.07 Å². The third kappa shape index (κ3) is 4.71. The van der Waals surface area contributed by atoms with Crippen LogP contribution in [0, 0.1) is 0 Å². The predicted molar refractivity (Wildman–Crippen MR) is 90.4 cm³/mol. The number of hydrogen-bond donors (Lipinski definition) is 2. The van der Waals surface area contributed by atoms with Gasteiger partial charge < -0.3 is 10.6 Å². The molecule has 0 amide bonds. The Balaban J connectivity index is 2.92. The summed E-state index contributed by atoms with van der Waals surface area (Å²) >= 11 is 0. The van der Waals surface area contributed by atoms with Crippen LogP contribution in [0.5, 0.6) is 0 Å². The van der Waals surface area contributed by atoms with Gasteiger partial charge in [-0.15, -0.1) is 0 Å². The van der Waals surface area contributed by atoms with Gasteiger partial charge in [0.05, 0.1) is 4.90 Å². The van der Waals surface area contributed by atoms with Crippen molar-refractivity contribution in [1.82, 2.24) is 14.9 Å². The number of guanidine groups is 1. The van der Waals surface area contributed by atoms with E-state index >= 15 is 0 Å². The van der Waals surface area contributed by atoms with Crippen LogP contribution in [0.2, 0.25) is 0 Å². The Morgan fingerprint density at radius 3 is 2.50 bits per heavy atom. The molecule has 0 aliphatic rings. The van der Waals surface area contributed by atoms with E-state index in [0.29, 0.717) is 29.0 Å². The molecule has 1 unspecified atom stereocenters. The average Bonchev–Trinajstić information content (AvgIpc) is 2.51. The summed E-state index contributed by atoms with van der Waals surface area (Å²) in [5.74, 6) is 0.659. The average molecular weight is 326 g/mol. The Morgan fingerprint density at radius 1 is 1.32 bits per heavy atom. The Morgan fingerprint density at radius 2 is 1.95 bits per heavy atom. The van der Waals surface area contributed by atoms with E-state index in [-0.39, 0.29) is 0 Å². The standard InChI is InChI=1S/C15H26N4O2S/c1-6-12(2)18-15(16-3)17-11-13-9-7-8-10-14(13)22(20,21)19(4)5/h7-10,12H,6,11H2,1-5H3,(H2,16,17,18). The van der Waals surface area contributed by atoms with Crippen molar-refractivity contribution in [1.29, 1.82) is 0 Å². The lowest BCUT2D eigenvalue weighted by atomic mass is 10.2. The number of sulfonamides is 1. The minimum atomic E-state index is -3.46. The van der Waals surface area contributed by atoms with E-state index in [9.17, 15) is 8.42 Å². The summed E-state index contributed by atoms with van der Waals surface area (Å²) in [6.07, 6.45) is 0.978. The zero-order valence-corrected chi connectivity index (χ0v) is 14.7. The zero-order chi connectivity index (χ0) is 16.8. The molecule has 0 fully saturated rings. The SMILES string of the molecule is CCC(C)NC(=NC)NCc1ccccc1S(=O)(=O)N(C)C. The molecule has 0 aliphatic heterocycles. The maximum absolute atomic E-state index is 12.3. The van der Waals surface area contributed by atoms with E-state index in [4.69, 9.17) is 0 Å². The van der Waals surface area contributed by atoms with E-state index in [2.05, 4.69) is 29.5 Å². The Kier molecular flexibility index (Phi) is 6.83. The van der Waals surface area contributed by atoms with Crippen LogP contribution in [-0.2, 0) is 16.6 Å². The summed E-state index contributed by atoms with van der Waals surface area (Å²) in [6, 6.07) is 7.28. The Bertz CT molecular complexity index is 612. The van der Waals surface area contributed by atoms with Crippen molar-refractivity contribution in [3.63, 3.8) is 0 Å². The quantitative estimate of drug-likeness (QED) is 0.612. The van der Waals surface area contributed by atoms with Crippen LogP contribution in [0.25, 0.3) is 0 Å². The van der Waals surface area contributed by atoms with Gasteiger partial charge in [-0.1, -0.05) is 25.1 Å². The number of nitrogens with zero attached hydrogens (tertiary/aromatic N) is 2. The molecule has 0 saturated heterocycles. The fourth-order valence-corrected chi connectivity index (χ4v) is 2.92. The number of nitrogens with one attached hydrogen (secondary N) is 2. The molecular formula is C15H26N4O2S. The van der Waals surface area contributed by atoms with Crippen molar-refractivity contribution < 1.29 is 8.42 Å². The lowest BCUT2D eigenvalue weighted by Crippen LogP contribution is -2.41. The molecule has 0 bridgehead atoms. The van der Waals surface area contributed by atoms with Crippen molar-refractivity contribution in [3.8, 4) is 0 Å².